The highest BCUT2D eigenvalue weighted by atomic mass is 32.2. The fraction of sp³-hybridized carbons (Fsp3) is 0.296. The van der Waals surface area contributed by atoms with E-state index in [4.69, 9.17) is 14.2 Å². The van der Waals surface area contributed by atoms with Crippen molar-refractivity contribution in [1.29, 1.82) is 0 Å². The molecule has 0 radical (unpaired) electrons. The van der Waals surface area contributed by atoms with E-state index in [1.807, 2.05) is 38.1 Å². The normalized spacial score (nSPS) is 11.9. The SMILES string of the molecule is COc1ccc(N(CC(=O)NC(C)COc2ccccc2C)S(=O)(=O)c2ccc(C)cc2)cc1OC. The lowest BCUT2D eigenvalue weighted by Crippen LogP contribution is -2.45. The van der Waals surface area contributed by atoms with Crippen LogP contribution < -0.4 is 23.8 Å². The fourth-order valence-electron chi connectivity index (χ4n) is 3.56. The number of anilines is 1. The molecule has 0 spiro atoms. The van der Waals surface area contributed by atoms with Crippen LogP contribution in [0, 0.1) is 13.8 Å². The van der Waals surface area contributed by atoms with E-state index in [1.54, 1.807) is 31.2 Å². The molecule has 9 heteroatoms. The number of amides is 1. The van der Waals surface area contributed by atoms with Gasteiger partial charge in [0.2, 0.25) is 5.91 Å². The number of para-hydroxylation sites is 1. The molecule has 0 bridgehead atoms. The molecule has 0 heterocycles. The molecule has 1 unspecified atom stereocenters. The highest BCUT2D eigenvalue weighted by Crippen LogP contribution is 2.33. The number of sulfonamides is 1. The van der Waals surface area contributed by atoms with Crippen LogP contribution in [0.15, 0.2) is 71.6 Å². The van der Waals surface area contributed by atoms with Crippen LogP contribution in [0.25, 0.3) is 0 Å². The number of hydrogen-bond acceptors (Lipinski definition) is 6. The average Bonchev–Trinajstić information content (AvgIpc) is 2.86. The lowest BCUT2D eigenvalue weighted by molar-refractivity contribution is -0.120. The quantitative estimate of drug-likeness (QED) is 0.416. The third-order valence-electron chi connectivity index (χ3n) is 5.54. The van der Waals surface area contributed by atoms with Gasteiger partial charge in [0.25, 0.3) is 10.0 Å². The minimum atomic E-state index is -4.06. The van der Waals surface area contributed by atoms with Gasteiger partial charge < -0.3 is 19.5 Å². The Hall–Kier alpha value is -3.72. The van der Waals surface area contributed by atoms with Gasteiger partial charge in [-0.25, -0.2) is 8.42 Å². The van der Waals surface area contributed by atoms with Gasteiger partial charge in [0.1, 0.15) is 18.9 Å². The topological polar surface area (TPSA) is 94.2 Å². The third kappa shape index (κ3) is 6.48. The number of carbonyl (C=O) groups is 1. The number of hydrogen-bond donors (Lipinski definition) is 1. The van der Waals surface area contributed by atoms with Crippen LogP contribution in [0.1, 0.15) is 18.1 Å². The summed E-state index contributed by atoms with van der Waals surface area (Å²) in [5.74, 6) is 1.05. The van der Waals surface area contributed by atoms with Crippen LogP contribution >= 0.6 is 0 Å². The van der Waals surface area contributed by atoms with Crippen molar-refractivity contribution in [3.8, 4) is 17.2 Å². The average molecular weight is 513 g/mol. The Bertz CT molecular complexity index is 1290. The molecular weight excluding hydrogens is 480 g/mol. The maximum absolute atomic E-state index is 13.6. The van der Waals surface area contributed by atoms with Crippen LogP contribution in [0.3, 0.4) is 0 Å². The van der Waals surface area contributed by atoms with Crippen molar-refractivity contribution < 1.29 is 27.4 Å². The number of aryl methyl sites for hydroxylation is 2. The molecule has 0 aromatic heterocycles. The van der Waals surface area contributed by atoms with Crippen LogP contribution in [-0.4, -0.2) is 47.7 Å². The molecule has 1 amide bonds. The van der Waals surface area contributed by atoms with Crippen molar-refractivity contribution in [2.45, 2.75) is 31.7 Å². The van der Waals surface area contributed by atoms with E-state index in [2.05, 4.69) is 5.32 Å². The first-order chi connectivity index (χ1) is 17.1. The minimum Gasteiger partial charge on any atom is -0.493 e. The van der Waals surface area contributed by atoms with Crippen molar-refractivity contribution in [1.82, 2.24) is 5.32 Å². The first-order valence-electron chi connectivity index (χ1n) is 11.4. The second-order valence-electron chi connectivity index (χ2n) is 8.41. The molecule has 3 rings (SSSR count). The van der Waals surface area contributed by atoms with E-state index < -0.39 is 22.5 Å². The van der Waals surface area contributed by atoms with Crippen LogP contribution in [0.4, 0.5) is 5.69 Å². The van der Waals surface area contributed by atoms with Gasteiger partial charge in [-0.3, -0.25) is 9.10 Å². The maximum Gasteiger partial charge on any atom is 0.264 e. The maximum atomic E-state index is 13.6. The predicted molar refractivity (Wildman–Crippen MR) is 140 cm³/mol. The summed E-state index contributed by atoms with van der Waals surface area (Å²) >= 11 is 0. The highest BCUT2D eigenvalue weighted by Gasteiger charge is 2.28. The predicted octanol–water partition coefficient (Wildman–Crippen LogP) is 4.10. The summed E-state index contributed by atoms with van der Waals surface area (Å²) in [6.45, 7) is 5.41. The Morgan fingerprint density at radius 1 is 0.917 bits per heavy atom. The Balaban J connectivity index is 1.83. The van der Waals surface area contributed by atoms with Gasteiger partial charge in [0, 0.05) is 6.07 Å². The molecule has 0 fully saturated rings. The molecule has 3 aromatic carbocycles. The first-order valence-corrected chi connectivity index (χ1v) is 12.9. The van der Waals surface area contributed by atoms with Crippen molar-refractivity contribution in [3.63, 3.8) is 0 Å². The third-order valence-corrected chi connectivity index (χ3v) is 7.33. The summed E-state index contributed by atoms with van der Waals surface area (Å²) < 4.78 is 44.7. The zero-order valence-electron chi connectivity index (χ0n) is 21.1. The zero-order valence-corrected chi connectivity index (χ0v) is 22.0. The molecule has 192 valence electrons. The summed E-state index contributed by atoms with van der Waals surface area (Å²) in [7, 11) is -1.11. The van der Waals surface area contributed by atoms with E-state index in [1.165, 1.54) is 32.4 Å². The Morgan fingerprint density at radius 3 is 2.22 bits per heavy atom. The molecular formula is C27H32N2O6S. The number of ether oxygens (including phenoxy) is 3. The number of methoxy groups -OCH3 is 2. The largest absolute Gasteiger partial charge is 0.493 e. The molecule has 0 saturated carbocycles. The summed E-state index contributed by atoms with van der Waals surface area (Å²) in [5, 5.41) is 2.83. The van der Waals surface area contributed by atoms with Crippen LogP contribution in [0.5, 0.6) is 17.2 Å². The molecule has 0 saturated heterocycles. The monoisotopic (exact) mass is 512 g/mol. The van der Waals surface area contributed by atoms with E-state index in [0.717, 1.165) is 21.2 Å². The van der Waals surface area contributed by atoms with Crippen molar-refractivity contribution >= 4 is 21.6 Å². The first kappa shape index (κ1) is 26.9. The number of nitrogens with zero attached hydrogens (tertiary/aromatic N) is 1. The van der Waals surface area contributed by atoms with Crippen molar-refractivity contribution in [2.75, 3.05) is 31.7 Å². The van der Waals surface area contributed by atoms with Gasteiger partial charge in [-0.1, -0.05) is 35.9 Å². The van der Waals surface area contributed by atoms with Gasteiger partial charge in [0.15, 0.2) is 11.5 Å². The molecule has 0 aliphatic carbocycles. The lowest BCUT2D eigenvalue weighted by atomic mass is 10.2. The number of benzene rings is 3. The van der Waals surface area contributed by atoms with E-state index >= 15 is 0 Å². The lowest BCUT2D eigenvalue weighted by Gasteiger charge is -2.26. The van der Waals surface area contributed by atoms with Gasteiger partial charge in [-0.15, -0.1) is 0 Å². The summed E-state index contributed by atoms with van der Waals surface area (Å²) in [5.41, 5.74) is 2.18. The van der Waals surface area contributed by atoms with Gasteiger partial charge in [-0.2, -0.15) is 0 Å². The standard InChI is InChI=1S/C27H32N2O6S/c1-19-10-13-23(14-11-19)36(31,32)29(22-12-15-25(33-4)26(16-22)34-5)17-27(30)28-21(3)18-35-24-9-7-6-8-20(24)2/h6-16,21H,17-18H2,1-5H3,(H,28,30). The number of nitrogens with one attached hydrogen (secondary N) is 1. The molecule has 0 aliphatic rings. The van der Waals surface area contributed by atoms with Gasteiger partial charge >= 0.3 is 0 Å². The van der Waals surface area contributed by atoms with Crippen molar-refractivity contribution in [2.24, 2.45) is 0 Å². The smallest absolute Gasteiger partial charge is 0.264 e. The van der Waals surface area contributed by atoms with Gasteiger partial charge in [0.05, 0.1) is 30.8 Å². The molecule has 0 aliphatic heterocycles. The Labute approximate surface area is 212 Å². The van der Waals surface area contributed by atoms with Crippen molar-refractivity contribution in [3.05, 3.63) is 77.9 Å². The molecule has 8 nitrogen and oxygen atoms in total. The van der Waals surface area contributed by atoms with E-state index in [9.17, 15) is 13.2 Å². The summed E-state index contributed by atoms with van der Waals surface area (Å²) in [6.07, 6.45) is 0. The van der Waals surface area contributed by atoms with Crippen LogP contribution in [0.2, 0.25) is 0 Å². The second kappa shape index (κ2) is 11.8. The van der Waals surface area contributed by atoms with Gasteiger partial charge in [-0.05, 0) is 56.7 Å². The zero-order chi connectivity index (χ0) is 26.3. The summed E-state index contributed by atoms with van der Waals surface area (Å²) in [6, 6.07) is 18.4. The molecule has 1 N–H and O–H groups in total. The molecule has 3 aromatic rings. The number of rotatable bonds is 11. The van der Waals surface area contributed by atoms with E-state index in [0.29, 0.717) is 11.5 Å². The fourth-order valence-corrected chi connectivity index (χ4v) is 4.97. The Morgan fingerprint density at radius 2 is 1.58 bits per heavy atom. The molecule has 1 atom stereocenters. The van der Waals surface area contributed by atoms with E-state index in [-0.39, 0.29) is 23.2 Å². The minimum absolute atomic E-state index is 0.0756. The second-order valence-corrected chi connectivity index (χ2v) is 10.3. The number of carbonyl (C=O) groups excluding carboxylic acids is 1. The van der Waals surface area contributed by atoms with Crippen LogP contribution in [-0.2, 0) is 14.8 Å². The summed E-state index contributed by atoms with van der Waals surface area (Å²) in [4.78, 5) is 13.1. The Kier molecular flexibility index (Phi) is 8.82. The molecule has 36 heavy (non-hydrogen) atoms. The highest BCUT2D eigenvalue weighted by molar-refractivity contribution is 7.92.